The Bertz CT molecular complexity index is 1480. The van der Waals surface area contributed by atoms with Crippen LogP contribution in [0.1, 0.15) is 66.3 Å². The molecule has 0 bridgehead atoms. The van der Waals surface area contributed by atoms with Crippen LogP contribution in [0, 0.1) is 0 Å². The van der Waals surface area contributed by atoms with E-state index in [0.717, 1.165) is 35.6 Å². The van der Waals surface area contributed by atoms with Gasteiger partial charge in [0.25, 0.3) is 0 Å². The molecule has 0 spiro atoms. The Morgan fingerprint density at radius 3 is 2.11 bits per heavy atom. The third kappa shape index (κ3) is 9.50. The van der Waals surface area contributed by atoms with Crippen molar-refractivity contribution in [3.63, 3.8) is 0 Å². The minimum Gasteiger partial charge on any atom is -0.494 e. The molecular weight excluding hydrogens is 634 g/mol. The lowest BCUT2D eigenvalue weighted by Crippen LogP contribution is -2.42. The van der Waals surface area contributed by atoms with Crippen molar-refractivity contribution in [2.75, 3.05) is 19.7 Å². The van der Waals surface area contributed by atoms with E-state index in [0.29, 0.717) is 43.9 Å². The Hall–Kier alpha value is -3.52. The van der Waals surface area contributed by atoms with Crippen molar-refractivity contribution in [1.29, 1.82) is 0 Å². The number of carbonyl (C=O) groups is 1. The molecule has 4 rings (SSSR count). The number of carboxylic acids is 1. The molecule has 4 nitrogen and oxygen atoms in total. The van der Waals surface area contributed by atoms with Gasteiger partial charge in [-0.25, -0.2) is 0 Å². The first-order chi connectivity index (χ1) is 21.7. The molecule has 4 aromatic rings. The standard InChI is InChI=1S/C37H39ClF3NO3.ClH/c1-2-3-20-32(35(43)44)27-13-10-19-31(24-27)45-23-12-22-42-26-36(29-15-6-4-7-16-29,30-17-8-5-9-18-30)25-28-14-11-21-33(34(28)38)37(39,40)41;/h4-11,13-19,21,24,32,42H,2-3,12,20,22-23,25-26H2,1H3,(H,43,44);1H. The smallest absolute Gasteiger partial charge is 0.417 e. The highest BCUT2D eigenvalue weighted by atomic mass is 35.5. The van der Waals surface area contributed by atoms with Gasteiger partial charge in [0, 0.05) is 12.0 Å². The van der Waals surface area contributed by atoms with Crippen LogP contribution in [0.2, 0.25) is 5.02 Å². The van der Waals surface area contributed by atoms with Crippen LogP contribution in [0.25, 0.3) is 0 Å². The van der Waals surface area contributed by atoms with Crippen molar-refractivity contribution in [2.45, 2.75) is 56.5 Å². The fraction of sp³-hybridized carbons (Fsp3) is 0.324. The summed E-state index contributed by atoms with van der Waals surface area (Å²) in [4.78, 5) is 11.8. The highest BCUT2D eigenvalue weighted by Gasteiger charge is 2.38. The molecule has 1 unspecified atom stereocenters. The van der Waals surface area contributed by atoms with Crippen LogP contribution in [0.3, 0.4) is 0 Å². The number of hydrogen-bond acceptors (Lipinski definition) is 3. The van der Waals surface area contributed by atoms with Gasteiger partial charge in [-0.1, -0.05) is 116 Å². The highest BCUT2D eigenvalue weighted by molar-refractivity contribution is 6.32. The van der Waals surface area contributed by atoms with Crippen molar-refractivity contribution >= 4 is 30.0 Å². The summed E-state index contributed by atoms with van der Waals surface area (Å²) in [6, 6.07) is 30.9. The lowest BCUT2D eigenvalue weighted by molar-refractivity contribution is -0.139. The van der Waals surface area contributed by atoms with Gasteiger partial charge in [0.2, 0.25) is 0 Å². The maximum atomic E-state index is 13.8. The lowest BCUT2D eigenvalue weighted by atomic mass is 9.70. The number of ether oxygens (including phenoxy) is 1. The van der Waals surface area contributed by atoms with Crippen molar-refractivity contribution < 1.29 is 27.8 Å². The molecule has 0 radical (unpaired) electrons. The second-order valence-corrected chi connectivity index (χ2v) is 11.6. The largest absolute Gasteiger partial charge is 0.494 e. The zero-order valence-electron chi connectivity index (χ0n) is 25.7. The van der Waals surface area contributed by atoms with E-state index in [1.165, 1.54) is 6.07 Å². The van der Waals surface area contributed by atoms with Crippen LogP contribution < -0.4 is 10.1 Å². The molecule has 0 aliphatic carbocycles. The van der Waals surface area contributed by atoms with Crippen LogP contribution in [0.5, 0.6) is 5.75 Å². The minimum atomic E-state index is -4.56. The van der Waals surface area contributed by atoms with Crippen LogP contribution in [-0.2, 0) is 22.8 Å². The van der Waals surface area contributed by atoms with Gasteiger partial charge in [-0.3, -0.25) is 4.79 Å². The first-order valence-corrected chi connectivity index (χ1v) is 15.7. The molecule has 0 aliphatic heterocycles. The first-order valence-electron chi connectivity index (χ1n) is 15.3. The number of hydrogen-bond donors (Lipinski definition) is 2. The summed E-state index contributed by atoms with van der Waals surface area (Å²) in [6.07, 6.45) is -1.31. The van der Waals surface area contributed by atoms with Gasteiger partial charge < -0.3 is 15.2 Å². The average Bonchev–Trinajstić information content (AvgIpc) is 3.03. The Labute approximate surface area is 280 Å². The number of carboxylic acid groups (broad SMARTS) is 1. The normalized spacial score (nSPS) is 12.3. The molecule has 46 heavy (non-hydrogen) atoms. The maximum Gasteiger partial charge on any atom is 0.417 e. The van der Waals surface area contributed by atoms with Gasteiger partial charge in [-0.15, -0.1) is 12.4 Å². The summed E-state index contributed by atoms with van der Waals surface area (Å²) in [7, 11) is 0. The van der Waals surface area contributed by atoms with Crippen molar-refractivity contribution in [3.05, 3.63) is 136 Å². The van der Waals surface area contributed by atoms with Crippen molar-refractivity contribution in [3.8, 4) is 5.75 Å². The van der Waals surface area contributed by atoms with Gasteiger partial charge in [0.1, 0.15) is 5.75 Å². The Morgan fingerprint density at radius 1 is 0.891 bits per heavy atom. The minimum absolute atomic E-state index is 0. The average molecular weight is 675 g/mol. The van der Waals surface area contributed by atoms with E-state index in [-0.39, 0.29) is 23.9 Å². The predicted molar refractivity (Wildman–Crippen MR) is 180 cm³/mol. The number of rotatable bonds is 16. The summed E-state index contributed by atoms with van der Waals surface area (Å²) in [5, 5.41) is 13.0. The second-order valence-electron chi connectivity index (χ2n) is 11.3. The highest BCUT2D eigenvalue weighted by Crippen LogP contribution is 2.41. The predicted octanol–water partition coefficient (Wildman–Crippen LogP) is 9.73. The van der Waals surface area contributed by atoms with Gasteiger partial charge >= 0.3 is 12.1 Å². The van der Waals surface area contributed by atoms with Crippen LogP contribution in [0.4, 0.5) is 13.2 Å². The molecule has 0 aliphatic rings. The van der Waals surface area contributed by atoms with E-state index in [1.54, 1.807) is 12.1 Å². The third-order valence-corrected chi connectivity index (χ3v) is 8.57. The molecule has 1 atom stereocenters. The molecule has 0 amide bonds. The molecule has 0 aromatic heterocycles. The SMILES string of the molecule is CCCCC(C(=O)O)c1cccc(OCCCNCC(Cc2cccc(C(F)(F)F)c2Cl)(c2ccccc2)c2ccccc2)c1.Cl. The number of aliphatic carboxylic acids is 1. The Balaban J connectivity index is 0.00000576. The van der Waals surface area contributed by atoms with Gasteiger partial charge in [-0.05, 0) is 66.3 Å². The quantitative estimate of drug-likeness (QED) is 0.116. The van der Waals surface area contributed by atoms with E-state index < -0.39 is 29.0 Å². The van der Waals surface area contributed by atoms with E-state index in [9.17, 15) is 23.1 Å². The zero-order chi connectivity index (χ0) is 32.3. The van der Waals surface area contributed by atoms with Crippen molar-refractivity contribution in [1.82, 2.24) is 5.32 Å². The van der Waals surface area contributed by atoms with Crippen LogP contribution in [-0.4, -0.2) is 30.8 Å². The monoisotopic (exact) mass is 673 g/mol. The molecule has 9 heteroatoms. The molecule has 246 valence electrons. The summed E-state index contributed by atoms with van der Waals surface area (Å²) in [6.45, 7) is 3.48. The topological polar surface area (TPSA) is 58.6 Å². The number of alkyl halides is 3. The van der Waals surface area contributed by atoms with E-state index in [1.807, 2.05) is 85.8 Å². The van der Waals surface area contributed by atoms with Crippen molar-refractivity contribution in [2.24, 2.45) is 0 Å². The molecule has 0 heterocycles. The van der Waals surface area contributed by atoms with E-state index in [4.69, 9.17) is 16.3 Å². The first kappa shape index (κ1) is 36.9. The summed E-state index contributed by atoms with van der Waals surface area (Å²) >= 11 is 6.42. The zero-order valence-corrected chi connectivity index (χ0v) is 27.3. The molecular formula is C37H40Cl2F3NO3. The number of benzene rings is 4. The number of halogens is 5. The number of unbranched alkanes of at least 4 members (excludes halogenated alkanes) is 1. The molecule has 0 fully saturated rings. The van der Waals surface area contributed by atoms with Gasteiger partial charge in [0.05, 0.1) is 23.1 Å². The fourth-order valence-electron chi connectivity index (χ4n) is 5.76. The summed E-state index contributed by atoms with van der Waals surface area (Å²) in [5.74, 6) is -0.779. The van der Waals surface area contributed by atoms with Gasteiger partial charge in [0.15, 0.2) is 0 Å². The lowest BCUT2D eigenvalue weighted by Gasteiger charge is -2.36. The third-order valence-electron chi connectivity index (χ3n) is 8.13. The maximum absolute atomic E-state index is 13.8. The molecule has 0 saturated heterocycles. The molecule has 4 aromatic carbocycles. The van der Waals surface area contributed by atoms with E-state index in [2.05, 4.69) is 5.32 Å². The summed E-state index contributed by atoms with van der Waals surface area (Å²) in [5.41, 5.74) is 1.52. The Morgan fingerprint density at radius 2 is 1.52 bits per heavy atom. The van der Waals surface area contributed by atoms with Crippen LogP contribution >= 0.6 is 24.0 Å². The summed E-state index contributed by atoms with van der Waals surface area (Å²) < 4.78 is 47.3. The van der Waals surface area contributed by atoms with E-state index >= 15 is 0 Å². The molecule has 0 saturated carbocycles. The second kappa shape index (κ2) is 17.4. The van der Waals surface area contributed by atoms with Gasteiger partial charge in [-0.2, -0.15) is 13.2 Å². The Kier molecular flexibility index (Phi) is 14.0. The fourth-order valence-corrected chi connectivity index (χ4v) is 6.06. The molecule has 2 N–H and O–H groups in total. The number of nitrogens with one attached hydrogen (secondary N) is 1. The van der Waals surface area contributed by atoms with Crippen LogP contribution in [0.15, 0.2) is 103 Å².